The molecule has 166 valence electrons. The van der Waals surface area contributed by atoms with Gasteiger partial charge in [0, 0.05) is 10.9 Å². The number of halogens is 1. The van der Waals surface area contributed by atoms with Crippen molar-refractivity contribution in [2.24, 2.45) is 0 Å². The van der Waals surface area contributed by atoms with Gasteiger partial charge in [-0.05, 0) is 47.9 Å². The summed E-state index contributed by atoms with van der Waals surface area (Å²) in [5.74, 6) is 0.0278. The van der Waals surface area contributed by atoms with E-state index in [9.17, 15) is 9.59 Å². The minimum absolute atomic E-state index is 0.0414. The van der Waals surface area contributed by atoms with Crippen molar-refractivity contribution in [3.05, 3.63) is 89.6 Å². The summed E-state index contributed by atoms with van der Waals surface area (Å²) in [5, 5.41) is 4.74. The predicted molar refractivity (Wildman–Crippen MR) is 130 cm³/mol. The SMILES string of the molecule is O=C(COc1cccc2ccccc12)NNC(=S)NC(=O)c1ccc(-c2ccccc2Cl)o1. The van der Waals surface area contributed by atoms with E-state index in [1.54, 1.807) is 30.3 Å². The van der Waals surface area contributed by atoms with E-state index >= 15 is 0 Å². The lowest BCUT2D eigenvalue weighted by Gasteiger charge is -2.12. The molecule has 0 aliphatic heterocycles. The molecule has 3 aromatic carbocycles. The van der Waals surface area contributed by atoms with Crippen LogP contribution in [0.25, 0.3) is 22.1 Å². The number of hydrogen-bond acceptors (Lipinski definition) is 5. The van der Waals surface area contributed by atoms with Crippen LogP contribution in [0.4, 0.5) is 0 Å². The van der Waals surface area contributed by atoms with E-state index in [0.717, 1.165) is 10.8 Å². The van der Waals surface area contributed by atoms with Crippen molar-refractivity contribution in [2.75, 3.05) is 6.61 Å². The molecule has 0 radical (unpaired) electrons. The number of hydrogen-bond donors (Lipinski definition) is 3. The lowest BCUT2D eigenvalue weighted by molar-refractivity contribution is -0.123. The summed E-state index contributed by atoms with van der Waals surface area (Å²) in [5.41, 5.74) is 5.50. The molecule has 1 aromatic heterocycles. The molecule has 0 saturated heterocycles. The Morgan fingerprint density at radius 2 is 1.67 bits per heavy atom. The number of thiocarbonyl (C=S) groups is 1. The van der Waals surface area contributed by atoms with Gasteiger partial charge in [0.1, 0.15) is 11.5 Å². The fourth-order valence-corrected chi connectivity index (χ4v) is 3.46. The zero-order valence-corrected chi connectivity index (χ0v) is 18.7. The summed E-state index contributed by atoms with van der Waals surface area (Å²) >= 11 is 11.2. The molecule has 4 aromatic rings. The molecule has 0 aliphatic rings. The predicted octanol–water partition coefficient (Wildman–Crippen LogP) is 4.47. The number of benzene rings is 3. The number of amides is 2. The Kier molecular flexibility index (Phi) is 6.87. The number of carbonyl (C=O) groups is 2. The highest BCUT2D eigenvalue weighted by Crippen LogP contribution is 2.29. The average molecular weight is 480 g/mol. The Balaban J connectivity index is 1.26. The lowest BCUT2D eigenvalue weighted by atomic mass is 10.1. The number of ether oxygens (including phenoxy) is 1. The van der Waals surface area contributed by atoms with Gasteiger partial charge in [0.25, 0.3) is 11.8 Å². The van der Waals surface area contributed by atoms with E-state index in [2.05, 4.69) is 16.2 Å². The summed E-state index contributed by atoms with van der Waals surface area (Å²) < 4.78 is 11.2. The molecule has 0 spiro atoms. The van der Waals surface area contributed by atoms with Crippen LogP contribution in [-0.2, 0) is 4.79 Å². The minimum atomic E-state index is -0.577. The van der Waals surface area contributed by atoms with Crippen LogP contribution in [0.15, 0.2) is 83.3 Å². The van der Waals surface area contributed by atoms with Crippen LogP contribution in [0.1, 0.15) is 10.6 Å². The van der Waals surface area contributed by atoms with Gasteiger partial charge in [-0.15, -0.1) is 0 Å². The van der Waals surface area contributed by atoms with Gasteiger partial charge >= 0.3 is 0 Å². The standard InChI is InChI=1S/C24H18ClN3O4S/c25-18-10-4-3-9-17(18)20-12-13-21(32-20)23(30)26-24(33)28-27-22(29)14-31-19-11-5-7-15-6-1-2-8-16(15)19/h1-13H,14H2,(H,27,29)(H2,26,28,30,33). The van der Waals surface area contributed by atoms with Crippen molar-refractivity contribution >= 4 is 51.5 Å². The maximum atomic E-state index is 12.4. The molecule has 0 aliphatic carbocycles. The van der Waals surface area contributed by atoms with Crippen LogP contribution >= 0.6 is 23.8 Å². The second-order valence-corrected chi connectivity index (χ2v) is 7.68. The Morgan fingerprint density at radius 1 is 0.909 bits per heavy atom. The van der Waals surface area contributed by atoms with Gasteiger partial charge in [0.05, 0.1) is 5.02 Å². The number of nitrogens with one attached hydrogen (secondary N) is 3. The summed E-state index contributed by atoms with van der Waals surface area (Å²) in [7, 11) is 0. The van der Waals surface area contributed by atoms with Crippen molar-refractivity contribution in [3.8, 4) is 17.1 Å². The molecule has 0 atom stereocenters. The lowest BCUT2D eigenvalue weighted by Crippen LogP contribution is -2.49. The number of furan rings is 1. The van der Waals surface area contributed by atoms with Gasteiger partial charge in [-0.1, -0.05) is 60.1 Å². The maximum absolute atomic E-state index is 12.4. The van der Waals surface area contributed by atoms with E-state index in [-0.39, 0.29) is 17.5 Å². The van der Waals surface area contributed by atoms with Crippen molar-refractivity contribution in [1.82, 2.24) is 16.2 Å². The fraction of sp³-hybridized carbons (Fsp3) is 0.0417. The van der Waals surface area contributed by atoms with E-state index in [1.165, 1.54) is 6.07 Å². The van der Waals surface area contributed by atoms with Crippen molar-refractivity contribution in [2.45, 2.75) is 0 Å². The van der Waals surface area contributed by atoms with Crippen LogP contribution in [0.2, 0.25) is 5.02 Å². The molecule has 4 rings (SSSR count). The van der Waals surface area contributed by atoms with Gasteiger partial charge in [-0.2, -0.15) is 0 Å². The molecule has 33 heavy (non-hydrogen) atoms. The third kappa shape index (κ3) is 5.49. The molecule has 9 heteroatoms. The molecule has 1 heterocycles. The van der Waals surface area contributed by atoms with Gasteiger partial charge in [-0.25, -0.2) is 0 Å². The Labute approximate surface area is 199 Å². The maximum Gasteiger partial charge on any atom is 0.293 e. The van der Waals surface area contributed by atoms with Crippen molar-refractivity contribution < 1.29 is 18.7 Å². The minimum Gasteiger partial charge on any atom is -0.483 e. The van der Waals surface area contributed by atoms with Gasteiger partial charge in [0.15, 0.2) is 17.5 Å². The van der Waals surface area contributed by atoms with Gasteiger partial charge < -0.3 is 9.15 Å². The quantitative estimate of drug-likeness (QED) is 0.289. The molecule has 7 nitrogen and oxygen atoms in total. The van der Waals surface area contributed by atoms with Crippen LogP contribution < -0.4 is 20.9 Å². The topological polar surface area (TPSA) is 92.6 Å². The third-order valence-electron chi connectivity index (χ3n) is 4.62. The summed E-state index contributed by atoms with van der Waals surface area (Å²) in [6, 6.07) is 23.6. The highest BCUT2D eigenvalue weighted by molar-refractivity contribution is 7.80. The van der Waals surface area contributed by atoms with E-state index in [4.69, 9.17) is 33.0 Å². The molecule has 2 amide bonds. The number of carbonyl (C=O) groups excluding carboxylic acids is 2. The first-order valence-corrected chi connectivity index (χ1v) is 10.7. The van der Waals surface area contributed by atoms with Gasteiger partial charge in [-0.3, -0.25) is 25.8 Å². The van der Waals surface area contributed by atoms with E-state index < -0.39 is 11.8 Å². The first-order chi connectivity index (χ1) is 16.0. The number of rotatable bonds is 5. The van der Waals surface area contributed by atoms with Crippen LogP contribution in [0, 0.1) is 0 Å². The second kappa shape index (κ2) is 10.2. The highest BCUT2D eigenvalue weighted by Gasteiger charge is 2.15. The average Bonchev–Trinajstić information content (AvgIpc) is 3.32. The third-order valence-corrected chi connectivity index (χ3v) is 5.15. The first kappa shape index (κ1) is 22.3. The zero-order valence-electron chi connectivity index (χ0n) is 17.1. The smallest absolute Gasteiger partial charge is 0.293 e. The Bertz CT molecular complexity index is 1330. The monoisotopic (exact) mass is 479 g/mol. The molecule has 0 saturated carbocycles. The first-order valence-electron chi connectivity index (χ1n) is 9.87. The molecular formula is C24H18ClN3O4S. The fourth-order valence-electron chi connectivity index (χ4n) is 3.09. The highest BCUT2D eigenvalue weighted by atomic mass is 35.5. The second-order valence-electron chi connectivity index (χ2n) is 6.87. The normalized spacial score (nSPS) is 10.5. The summed E-state index contributed by atoms with van der Waals surface area (Å²) in [6.07, 6.45) is 0. The summed E-state index contributed by atoms with van der Waals surface area (Å²) in [4.78, 5) is 24.5. The molecular weight excluding hydrogens is 462 g/mol. The largest absolute Gasteiger partial charge is 0.483 e. The molecule has 0 bridgehead atoms. The van der Waals surface area contributed by atoms with Crippen molar-refractivity contribution in [1.29, 1.82) is 0 Å². The summed E-state index contributed by atoms with van der Waals surface area (Å²) in [6.45, 7) is -0.239. The number of hydrazine groups is 1. The van der Waals surface area contributed by atoms with Crippen LogP contribution in [0.3, 0.4) is 0 Å². The van der Waals surface area contributed by atoms with Gasteiger partial charge in [0.2, 0.25) is 0 Å². The van der Waals surface area contributed by atoms with E-state index in [0.29, 0.717) is 22.1 Å². The zero-order chi connectivity index (χ0) is 23.2. The Morgan fingerprint density at radius 3 is 2.52 bits per heavy atom. The van der Waals surface area contributed by atoms with Crippen LogP contribution in [-0.4, -0.2) is 23.5 Å². The van der Waals surface area contributed by atoms with E-state index in [1.807, 2.05) is 42.5 Å². The number of fused-ring (bicyclic) bond motifs is 1. The van der Waals surface area contributed by atoms with Crippen molar-refractivity contribution in [3.63, 3.8) is 0 Å². The molecule has 3 N–H and O–H groups in total. The van der Waals surface area contributed by atoms with Crippen LogP contribution in [0.5, 0.6) is 5.75 Å². The molecule has 0 fully saturated rings. The Hall–Kier alpha value is -3.88. The molecule has 0 unspecified atom stereocenters.